The summed E-state index contributed by atoms with van der Waals surface area (Å²) < 4.78 is 35.4. The Morgan fingerprint density at radius 1 is 1.25 bits per heavy atom. The Balaban J connectivity index is 2.20. The quantitative estimate of drug-likeness (QED) is 0.748. The molecule has 0 radical (unpaired) electrons. The number of piperazine rings is 1. The van der Waals surface area contributed by atoms with E-state index in [9.17, 15) is 18.0 Å². The summed E-state index contributed by atoms with van der Waals surface area (Å²) in [6.45, 7) is 1.35. The first-order valence-electron chi connectivity index (χ1n) is 5.12. The smallest absolute Gasteiger partial charge is 0.339 e. The van der Waals surface area contributed by atoms with Crippen molar-refractivity contribution < 1.29 is 18.0 Å². The molecule has 94 valence electrons. The molecule has 0 aromatic carbocycles. The molecule has 1 rings (SSSR count). The third-order valence-electron chi connectivity index (χ3n) is 2.46. The Bertz CT molecular complexity index is 237. The molecular weight excluding hydrogens is 223 g/mol. The van der Waals surface area contributed by atoms with Gasteiger partial charge in [0.05, 0.1) is 13.1 Å². The summed E-state index contributed by atoms with van der Waals surface area (Å²) in [5, 5.41) is 2.10. The molecule has 0 unspecified atom stereocenters. The first kappa shape index (κ1) is 13.2. The van der Waals surface area contributed by atoms with Crippen LogP contribution in [0.3, 0.4) is 0 Å². The topological polar surface area (TPSA) is 35.6 Å². The van der Waals surface area contributed by atoms with Crippen LogP contribution in [0.25, 0.3) is 0 Å². The van der Waals surface area contributed by atoms with Gasteiger partial charge in [-0.2, -0.15) is 13.2 Å². The second-order valence-electron chi connectivity index (χ2n) is 3.90. The molecule has 7 heteroatoms. The van der Waals surface area contributed by atoms with Crippen LogP contribution in [0, 0.1) is 0 Å². The molecule has 0 aliphatic carbocycles. The maximum atomic E-state index is 11.8. The van der Waals surface area contributed by atoms with Crippen LogP contribution in [-0.4, -0.2) is 68.2 Å². The average Bonchev–Trinajstić information content (AvgIpc) is 2.16. The number of rotatable bonds is 3. The van der Waals surface area contributed by atoms with Crippen LogP contribution >= 0.6 is 0 Å². The van der Waals surface area contributed by atoms with Crippen molar-refractivity contribution in [3.63, 3.8) is 0 Å². The summed E-state index contributed by atoms with van der Waals surface area (Å²) in [5.41, 5.74) is 0. The van der Waals surface area contributed by atoms with Crippen LogP contribution in [0.1, 0.15) is 0 Å². The molecule has 1 amide bonds. The van der Waals surface area contributed by atoms with Crippen LogP contribution in [0.4, 0.5) is 13.2 Å². The number of nitrogens with zero attached hydrogens (tertiary/aromatic N) is 2. The summed E-state index contributed by atoms with van der Waals surface area (Å²) in [4.78, 5) is 15.1. The molecule has 0 bridgehead atoms. The molecule has 1 heterocycles. The average molecular weight is 239 g/mol. The summed E-state index contributed by atoms with van der Waals surface area (Å²) in [5.74, 6) is -0.266. The van der Waals surface area contributed by atoms with Gasteiger partial charge in [0.1, 0.15) is 0 Å². The van der Waals surface area contributed by atoms with Gasteiger partial charge in [0, 0.05) is 26.2 Å². The third kappa shape index (κ3) is 4.80. The lowest BCUT2D eigenvalue weighted by Crippen LogP contribution is -2.50. The van der Waals surface area contributed by atoms with E-state index in [1.165, 1.54) is 0 Å². The fourth-order valence-corrected chi connectivity index (χ4v) is 1.48. The van der Waals surface area contributed by atoms with Crippen molar-refractivity contribution in [2.75, 3.05) is 46.3 Å². The molecule has 1 saturated heterocycles. The first-order chi connectivity index (χ1) is 7.38. The normalized spacial score (nSPS) is 18.9. The minimum absolute atomic E-state index is 0.247. The highest BCUT2D eigenvalue weighted by Gasteiger charge is 2.27. The number of amides is 1. The number of hydrogen-bond acceptors (Lipinski definition) is 3. The van der Waals surface area contributed by atoms with Crippen molar-refractivity contribution in [2.24, 2.45) is 0 Å². The largest absolute Gasteiger partial charge is 0.401 e. The van der Waals surface area contributed by atoms with Gasteiger partial charge in [-0.1, -0.05) is 0 Å². The van der Waals surface area contributed by atoms with Gasteiger partial charge in [-0.3, -0.25) is 4.79 Å². The minimum atomic E-state index is -4.26. The van der Waals surface area contributed by atoms with Crippen molar-refractivity contribution in [1.29, 1.82) is 0 Å². The van der Waals surface area contributed by atoms with Crippen LogP contribution in [0.2, 0.25) is 0 Å². The number of carbonyl (C=O) groups is 1. The maximum absolute atomic E-state index is 11.8. The van der Waals surface area contributed by atoms with Gasteiger partial charge in [0.15, 0.2) is 0 Å². The second kappa shape index (κ2) is 5.49. The van der Waals surface area contributed by atoms with Gasteiger partial charge in [-0.05, 0) is 7.05 Å². The SMILES string of the molecule is CN1CCN(C(=O)CNCC(F)(F)F)CC1. The van der Waals surface area contributed by atoms with E-state index < -0.39 is 12.7 Å². The van der Waals surface area contributed by atoms with Crippen LogP contribution in [-0.2, 0) is 4.79 Å². The minimum Gasteiger partial charge on any atom is -0.339 e. The molecule has 0 aromatic rings. The molecule has 1 aliphatic rings. The van der Waals surface area contributed by atoms with Gasteiger partial charge in [-0.15, -0.1) is 0 Å². The van der Waals surface area contributed by atoms with E-state index in [1.807, 2.05) is 7.05 Å². The first-order valence-corrected chi connectivity index (χ1v) is 5.12. The summed E-state index contributed by atoms with van der Waals surface area (Å²) in [6, 6.07) is 0. The highest BCUT2D eigenvalue weighted by atomic mass is 19.4. The lowest BCUT2D eigenvalue weighted by molar-refractivity contribution is -0.135. The Labute approximate surface area is 92.4 Å². The zero-order chi connectivity index (χ0) is 12.2. The van der Waals surface area contributed by atoms with Crippen LogP contribution in [0.5, 0.6) is 0 Å². The predicted molar refractivity (Wildman–Crippen MR) is 53.0 cm³/mol. The molecule has 1 N–H and O–H groups in total. The number of halogens is 3. The van der Waals surface area contributed by atoms with E-state index in [1.54, 1.807) is 4.90 Å². The van der Waals surface area contributed by atoms with Crippen LogP contribution in [0.15, 0.2) is 0 Å². The molecule has 4 nitrogen and oxygen atoms in total. The van der Waals surface area contributed by atoms with E-state index in [2.05, 4.69) is 10.2 Å². The number of hydrogen-bond donors (Lipinski definition) is 1. The maximum Gasteiger partial charge on any atom is 0.401 e. The Morgan fingerprint density at radius 2 is 1.81 bits per heavy atom. The molecule has 0 aromatic heterocycles. The van der Waals surface area contributed by atoms with Crippen molar-refractivity contribution in [3.05, 3.63) is 0 Å². The molecule has 16 heavy (non-hydrogen) atoms. The zero-order valence-electron chi connectivity index (χ0n) is 9.18. The zero-order valence-corrected chi connectivity index (χ0v) is 9.18. The summed E-state index contributed by atoms with van der Waals surface area (Å²) in [6.07, 6.45) is -4.26. The van der Waals surface area contributed by atoms with Crippen LogP contribution < -0.4 is 5.32 Å². The summed E-state index contributed by atoms with van der Waals surface area (Å²) in [7, 11) is 1.95. The Hall–Kier alpha value is -0.820. The fourth-order valence-electron chi connectivity index (χ4n) is 1.48. The van der Waals surface area contributed by atoms with Crippen molar-refractivity contribution in [3.8, 4) is 0 Å². The molecule has 1 aliphatic heterocycles. The fraction of sp³-hybridized carbons (Fsp3) is 0.889. The number of nitrogens with one attached hydrogen (secondary N) is 1. The molecule has 1 fully saturated rings. The van der Waals surface area contributed by atoms with Crippen molar-refractivity contribution in [2.45, 2.75) is 6.18 Å². The summed E-state index contributed by atoms with van der Waals surface area (Å²) >= 11 is 0. The second-order valence-corrected chi connectivity index (χ2v) is 3.90. The van der Waals surface area contributed by atoms with Gasteiger partial charge in [0.2, 0.25) is 5.91 Å². The van der Waals surface area contributed by atoms with Crippen molar-refractivity contribution >= 4 is 5.91 Å². The number of carbonyl (C=O) groups excluding carboxylic acids is 1. The van der Waals surface area contributed by atoms with Gasteiger partial charge in [-0.25, -0.2) is 0 Å². The lowest BCUT2D eigenvalue weighted by Gasteiger charge is -2.32. The molecule has 0 spiro atoms. The van der Waals surface area contributed by atoms with E-state index in [0.717, 1.165) is 13.1 Å². The van der Waals surface area contributed by atoms with Gasteiger partial charge >= 0.3 is 6.18 Å². The number of alkyl halides is 3. The molecule has 0 atom stereocenters. The Kier molecular flexibility index (Phi) is 4.55. The molecular formula is C9H16F3N3O. The predicted octanol–water partition coefficient (Wildman–Crippen LogP) is -0.0877. The standard InChI is InChI=1S/C9H16F3N3O/c1-14-2-4-15(5-3-14)8(16)6-13-7-9(10,11)12/h13H,2-7H2,1H3. The van der Waals surface area contributed by atoms with E-state index >= 15 is 0 Å². The van der Waals surface area contributed by atoms with Gasteiger partial charge < -0.3 is 15.1 Å². The van der Waals surface area contributed by atoms with E-state index in [0.29, 0.717) is 13.1 Å². The highest BCUT2D eigenvalue weighted by molar-refractivity contribution is 5.78. The Morgan fingerprint density at radius 3 is 2.31 bits per heavy atom. The van der Waals surface area contributed by atoms with Crippen molar-refractivity contribution in [1.82, 2.24) is 15.1 Å². The highest BCUT2D eigenvalue weighted by Crippen LogP contribution is 2.11. The van der Waals surface area contributed by atoms with Gasteiger partial charge in [0.25, 0.3) is 0 Å². The monoisotopic (exact) mass is 239 g/mol. The third-order valence-corrected chi connectivity index (χ3v) is 2.46. The number of likely N-dealkylation sites (N-methyl/N-ethyl adjacent to an activating group) is 1. The molecule has 0 saturated carbocycles. The van der Waals surface area contributed by atoms with E-state index in [4.69, 9.17) is 0 Å². The lowest BCUT2D eigenvalue weighted by atomic mass is 10.3. The van der Waals surface area contributed by atoms with E-state index in [-0.39, 0.29) is 12.5 Å².